The zero-order chi connectivity index (χ0) is 30.0. The molecule has 0 bridgehead atoms. The Kier molecular flexibility index (Phi) is 11.4. The van der Waals surface area contributed by atoms with E-state index < -0.39 is 33.6 Å². The van der Waals surface area contributed by atoms with Crippen molar-refractivity contribution in [3.05, 3.63) is 102 Å². The molecule has 0 saturated carbocycles. The molecular weight excluding hydrogens is 548 g/mol. The van der Waals surface area contributed by atoms with Gasteiger partial charge in [-0.3, -0.25) is 13.9 Å². The summed E-state index contributed by atoms with van der Waals surface area (Å²) in [6, 6.07) is 19.3. The van der Waals surface area contributed by atoms with Crippen molar-refractivity contribution in [3.63, 3.8) is 0 Å². The number of hydrogen-bond acceptors (Lipinski definition) is 4. The molecule has 0 aromatic heterocycles. The minimum absolute atomic E-state index is 0.0356. The molecule has 0 saturated heterocycles. The number of amides is 2. The Labute approximate surface area is 241 Å². The molecule has 2 unspecified atom stereocenters. The van der Waals surface area contributed by atoms with Gasteiger partial charge >= 0.3 is 0 Å². The van der Waals surface area contributed by atoms with Crippen LogP contribution in [0.25, 0.3) is 0 Å². The van der Waals surface area contributed by atoms with E-state index in [1.165, 1.54) is 35.2 Å². The van der Waals surface area contributed by atoms with Crippen molar-refractivity contribution in [3.8, 4) is 0 Å². The number of anilines is 1. The largest absolute Gasteiger partial charge is 0.352 e. The van der Waals surface area contributed by atoms with Crippen LogP contribution in [0.15, 0.2) is 78.9 Å². The predicted molar refractivity (Wildman–Crippen MR) is 157 cm³/mol. The van der Waals surface area contributed by atoms with Gasteiger partial charge in [-0.25, -0.2) is 17.2 Å². The Balaban J connectivity index is 1.89. The van der Waals surface area contributed by atoms with E-state index in [0.29, 0.717) is 6.42 Å². The van der Waals surface area contributed by atoms with Crippen molar-refractivity contribution in [2.75, 3.05) is 17.1 Å². The number of benzene rings is 3. The van der Waals surface area contributed by atoms with Crippen LogP contribution < -0.4 is 9.62 Å². The number of sulfonamides is 1. The van der Waals surface area contributed by atoms with Crippen LogP contribution in [-0.2, 0) is 32.6 Å². The summed E-state index contributed by atoms with van der Waals surface area (Å²) in [5, 5.41) is 2.96. The molecule has 7 nitrogen and oxygen atoms in total. The molecule has 0 heterocycles. The monoisotopic (exact) mass is 585 g/mol. The first-order chi connectivity index (χ1) is 19.5. The number of halogens is 2. The molecule has 3 rings (SSSR count). The quantitative estimate of drug-likeness (QED) is 0.286. The minimum atomic E-state index is -3.72. The number of carbonyl (C=O) groups excluding carboxylic acids is 2. The molecule has 41 heavy (non-hydrogen) atoms. The van der Waals surface area contributed by atoms with Gasteiger partial charge in [0.15, 0.2) is 0 Å². The average molecular weight is 586 g/mol. The lowest BCUT2D eigenvalue weighted by atomic mass is 10.0. The van der Waals surface area contributed by atoms with Gasteiger partial charge in [-0.2, -0.15) is 0 Å². The van der Waals surface area contributed by atoms with Gasteiger partial charge in [0.05, 0.1) is 11.9 Å². The third-order valence-corrected chi connectivity index (χ3v) is 8.03. The Morgan fingerprint density at radius 1 is 0.927 bits per heavy atom. The summed E-state index contributed by atoms with van der Waals surface area (Å²) in [6.07, 6.45) is 1.98. The average Bonchev–Trinajstić information content (AvgIpc) is 2.94. The van der Waals surface area contributed by atoms with Crippen molar-refractivity contribution in [1.82, 2.24) is 10.2 Å². The fourth-order valence-electron chi connectivity index (χ4n) is 4.42. The van der Waals surface area contributed by atoms with E-state index in [2.05, 4.69) is 5.32 Å². The van der Waals surface area contributed by atoms with Crippen LogP contribution in [-0.4, -0.2) is 50.0 Å². The maximum Gasteiger partial charge on any atom is 0.243 e. The maximum atomic E-state index is 14.7. The number of carbonyl (C=O) groups is 2. The number of nitrogens with one attached hydrogen (secondary N) is 1. The Morgan fingerprint density at radius 3 is 2.17 bits per heavy atom. The standard InChI is InChI=1S/C31H37F2N3O4S/c1-4-23(2)34-31(38)29(21-24-11-6-5-7-12-24)35(22-25-13-8-9-14-28(25)33)30(37)15-10-20-36(41(3,39)40)27-18-16-26(32)17-19-27/h5-9,11-14,16-19,23,29H,4,10,15,20-22H2,1-3H3,(H,34,38). The number of rotatable bonds is 14. The van der Waals surface area contributed by atoms with Gasteiger partial charge in [0.1, 0.15) is 17.7 Å². The highest BCUT2D eigenvalue weighted by Crippen LogP contribution is 2.21. The zero-order valence-corrected chi connectivity index (χ0v) is 24.4. The third-order valence-electron chi connectivity index (χ3n) is 6.84. The summed E-state index contributed by atoms with van der Waals surface area (Å²) >= 11 is 0. The smallest absolute Gasteiger partial charge is 0.243 e. The van der Waals surface area contributed by atoms with E-state index in [0.717, 1.165) is 16.1 Å². The SMILES string of the molecule is CCC(C)NC(=O)C(Cc1ccccc1)N(Cc1ccccc1F)C(=O)CCCN(c1ccc(F)cc1)S(C)(=O)=O. The van der Waals surface area contributed by atoms with Gasteiger partial charge in [-0.05, 0) is 55.7 Å². The summed E-state index contributed by atoms with van der Waals surface area (Å²) < 4.78 is 54.2. The summed E-state index contributed by atoms with van der Waals surface area (Å²) in [5.74, 6) is -1.76. The Bertz CT molecular complexity index is 1400. The first-order valence-corrected chi connectivity index (χ1v) is 15.4. The fraction of sp³-hybridized carbons (Fsp3) is 0.355. The van der Waals surface area contributed by atoms with Crippen LogP contribution >= 0.6 is 0 Å². The highest BCUT2D eigenvalue weighted by atomic mass is 32.2. The van der Waals surface area contributed by atoms with E-state index >= 15 is 0 Å². The van der Waals surface area contributed by atoms with E-state index in [9.17, 15) is 26.8 Å². The first-order valence-electron chi connectivity index (χ1n) is 13.6. The predicted octanol–water partition coefficient (Wildman–Crippen LogP) is 5.07. The van der Waals surface area contributed by atoms with E-state index in [4.69, 9.17) is 0 Å². The van der Waals surface area contributed by atoms with E-state index in [1.54, 1.807) is 18.2 Å². The summed E-state index contributed by atoms with van der Waals surface area (Å²) in [7, 11) is -3.72. The second-order valence-corrected chi connectivity index (χ2v) is 12.0. The van der Waals surface area contributed by atoms with Crippen molar-refractivity contribution in [2.24, 2.45) is 0 Å². The molecule has 10 heteroatoms. The van der Waals surface area contributed by atoms with Gasteiger partial charge in [-0.1, -0.05) is 55.5 Å². The van der Waals surface area contributed by atoms with Gasteiger partial charge in [0.2, 0.25) is 21.8 Å². The van der Waals surface area contributed by atoms with Gasteiger partial charge in [0.25, 0.3) is 0 Å². The second kappa shape index (κ2) is 14.7. The van der Waals surface area contributed by atoms with Crippen LogP contribution in [0.3, 0.4) is 0 Å². The molecule has 2 atom stereocenters. The van der Waals surface area contributed by atoms with Gasteiger partial charge in [0, 0.05) is 37.5 Å². The molecule has 0 aliphatic carbocycles. The van der Waals surface area contributed by atoms with Crippen LogP contribution in [0, 0.1) is 11.6 Å². The van der Waals surface area contributed by atoms with E-state index in [1.807, 2.05) is 44.2 Å². The summed E-state index contributed by atoms with van der Waals surface area (Å²) in [5.41, 5.74) is 1.38. The molecular formula is C31H37F2N3O4S. The molecule has 0 aliphatic rings. The molecule has 0 radical (unpaired) electrons. The van der Waals surface area contributed by atoms with Crippen LogP contribution in [0.4, 0.5) is 14.5 Å². The summed E-state index contributed by atoms with van der Waals surface area (Å²) in [6.45, 7) is 3.64. The van der Waals surface area contributed by atoms with Crippen LogP contribution in [0.5, 0.6) is 0 Å². The van der Waals surface area contributed by atoms with Gasteiger partial charge < -0.3 is 10.2 Å². The topological polar surface area (TPSA) is 86.8 Å². The lowest BCUT2D eigenvalue weighted by Gasteiger charge is -2.32. The lowest BCUT2D eigenvalue weighted by molar-refractivity contribution is -0.141. The van der Waals surface area contributed by atoms with Crippen molar-refractivity contribution in [1.29, 1.82) is 0 Å². The van der Waals surface area contributed by atoms with Crippen LogP contribution in [0.2, 0.25) is 0 Å². The normalized spacial score (nSPS) is 12.8. The lowest BCUT2D eigenvalue weighted by Crippen LogP contribution is -2.52. The Hall–Kier alpha value is -3.79. The highest BCUT2D eigenvalue weighted by Gasteiger charge is 2.31. The molecule has 2 amide bonds. The van der Waals surface area contributed by atoms with Crippen molar-refractivity contribution >= 4 is 27.5 Å². The molecule has 0 fully saturated rings. The molecule has 0 aliphatic heterocycles. The molecule has 220 valence electrons. The van der Waals surface area contributed by atoms with Crippen LogP contribution in [0.1, 0.15) is 44.2 Å². The Morgan fingerprint density at radius 2 is 1.56 bits per heavy atom. The number of hydrogen-bond donors (Lipinski definition) is 1. The van der Waals surface area contributed by atoms with Crippen molar-refractivity contribution in [2.45, 2.75) is 58.2 Å². The zero-order valence-electron chi connectivity index (χ0n) is 23.6. The summed E-state index contributed by atoms with van der Waals surface area (Å²) in [4.78, 5) is 28.7. The molecule has 0 spiro atoms. The second-order valence-electron chi connectivity index (χ2n) is 10.1. The highest BCUT2D eigenvalue weighted by molar-refractivity contribution is 7.92. The molecule has 3 aromatic rings. The molecule has 1 N–H and O–H groups in total. The maximum absolute atomic E-state index is 14.7. The van der Waals surface area contributed by atoms with Gasteiger partial charge in [-0.15, -0.1) is 0 Å². The van der Waals surface area contributed by atoms with E-state index in [-0.39, 0.29) is 55.6 Å². The first kappa shape index (κ1) is 31.7. The minimum Gasteiger partial charge on any atom is -0.352 e. The van der Waals surface area contributed by atoms with Crippen molar-refractivity contribution < 1.29 is 26.8 Å². The molecule has 3 aromatic carbocycles. The number of nitrogens with zero attached hydrogens (tertiary/aromatic N) is 2. The third kappa shape index (κ3) is 9.38. The fourth-order valence-corrected chi connectivity index (χ4v) is 5.38.